The molecule has 0 saturated carbocycles. The molecule has 0 aliphatic rings. The summed E-state index contributed by atoms with van der Waals surface area (Å²) >= 11 is 0. The quantitative estimate of drug-likeness (QED) is 0.178. The summed E-state index contributed by atoms with van der Waals surface area (Å²) in [6.45, 7) is 3.71. The lowest BCUT2D eigenvalue weighted by Gasteiger charge is -2.26. The third-order valence-corrected chi connectivity index (χ3v) is 4.59. The smallest absolute Gasteiger partial charge is 0.328 e. The molecule has 0 saturated heterocycles. The maximum absolute atomic E-state index is 12.4. The van der Waals surface area contributed by atoms with Gasteiger partial charge in [0.15, 0.2) is 6.04 Å². The molecule has 9 N–H and O–H groups in total. The van der Waals surface area contributed by atoms with Crippen LogP contribution in [0.2, 0.25) is 0 Å². The lowest BCUT2D eigenvalue weighted by Crippen LogP contribution is -2.60. The van der Waals surface area contributed by atoms with E-state index in [9.17, 15) is 34.5 Å². The number of hydrogen-bond donors (Lipinski definition) is 8. The van der Waals surface area contributed by atoms with Crippen molar-refractivity contribution in [2.75, 3.05) is 0 Å². The largest absolute Gasteiger partial charge is 0.508 e. The van der Waals surface area contributed by atoms with Crippen LogP contribution >= 0.6 is 0 Å². The lowest BCUT2D eigenvalue weighted by molar-refractivity contribution is -0.146. The summed E-state index contributed by atoms with van der Waals surface area (Å²) in [5.74, 6) is -3.91. The second-order valence-corrected chi connectivity index (χ2v) is 7.50. The van der Waals surface area contributed by atoms with E-state index >= 15 is 0 Å². The Morgan fingerprint density at radius 1 is 0.844 bits per heavy atom. The van der Waals surface area contributed by atoms with Crippen LogP contribution in [-0.2, 0) is 25.6 Å². The van der Waals surface area contributed by atoms with Crippen molar-refractivity contribution >= 4 is 23.7 Å². The summed E-state index contributed by atoms with van der Waals surface area (Å²) < 4.78 is 0. The van der Waals surface area contributed by atoms with Crippen LogP contribution in [0.3, 0.4) is 0 Å². The Kier molecular flexibility index (Phi) is 10.0. The highest BCUT2D eigenvalue weighted by molar-refractivity contribution is 5.94. The van der Waals surface area contributed by atoms with Crippen molar-refractivity contribution in [2.24, 2.45) is 5.73 Å². The van der Waals surface area contributed by atoms with Gasteiger partial charge < -0.3 is 42.1 Å². The number of carbonyl (C=O) groups excluding carboxylic acids is 3. The van der Waals surface area contributed by atoms with Crippen molar-refractivity contribution in [3.05, 3.63) is 29.8 Å². The number of carboxylic acids is 1. The maximum atomic E-state index is 12.4. The molecule has 0 heterocycles. The van der Waals surface area contributed by atoms with Crippen LogP contribution in [-0.4, -0.2) is 80.5 Å². The van der Waals surface area contributed by atoms with Gasteiger partial charge >= 0.3 is 5.97 Å². The van der Waals surface area contributed by atoms with Gasteiger partial charge in [0.05, 0.1) is 18.2 Å². The molecule has 1 aromatic rings. The van der Waals surface area contributed by atoms with Crippen molar-refractivity contribution in [3.8, 4) is 5.75 Å². The van der Waals surface area contributed by atoms with Crippen molar-refractivity contribution in [3.63, 3.8) is 0 Å². The summed E-state index contributed by atoms with van der Waals surface area (Å²) in [6, 6.07) is 0.795. The molecule has 0 aromatic heterocycles. The fourth-order valence-electron chi connectivity index (χ4n) is 2.68. The summed E-state index contributed by atoms with van der Waals surface area (Å²) in [6.07, 6.45) is -2.67. The number of carboxylic acid groups (broad SMARTS) is 1. The van der Waals surface area contributed by atoms with E-state index in [1.54, 1.807) is 12.1 Å². The molecule has 12 heteroatoms. The number of phenolic OH excluding ortho intramolecular Hbond substituents is 1. The van der Waals surface area contributed by atoms with E-state index in [2.05, 4.69) is 10.6 Å². The molecule has 3 amide bonds. The molecule has 0 aliphatic heterocycles. The van der Waals surface area contributed by atoms with Crippen LogP contribution in [0.4, 0.5) is 0 Å². The molecule has 12 nitrogen and oxygen atoms in total. The van der Waals surface area contributed by atoms with Crippen LogP contribution < -0.4 is 21.7 Å². The molecule has 0 aliphatic carbocycles. The zero-order valence-corrected chi connectivity index (χ0v) is 18.0. The minimum Gasteiger partial charge on any atom is -0.508 e. The highest BCUT2D eigenvalue weighted by Crippen LogP contribution is 2.11. The molecule has 0 fully saturated rings. The highest BCUT2D eigenvalue weighted by atomic mass is 16.4. The summed E-state index contributed by atoms with van der Waals surface area (Å²) in [5, 5.41) is 44.4. The topological polar surface area (TPSA) is 211 Å². The fourth-order valence-corrected chi connectivity index (χ4v) is 2.68. The first-order valence-corrected chi connectivity index (χ1v) is 9.87. The van der Waals surface area contributed by atoms with Gasteiger partial charge in [0, 0.05) is 0 Å². The van der Waals surface area contributed by atoms with Crippen molar-refractivity contribution in [2.45, 2.75) is 63.6 Å². The minimum absolute atomic E-state index is 0.0666. The molecular weight excluding hydrogens is 424 g/mol. The number of aromatic hydroxyl groups is 1. The number of amides is 3. The number of nitrogens with one attached hydrogen (secondary N) is 3. The molecule has 1 rings (SSSR count). The third-order valence-electron chi connectivity index (χ3n) is 4.59. The van der Waals surface area contributed by atoms with Gasteiger partial charge in [-0.25, -0.2) is 4.79 Å². The van der Waals surface area contributed by atoms with Gasteiger partial charge in [-0.3, -0.25) is 14.4 Å². The van der Waals surface area contributed by atoms with E-state index in [1.807, 2.05) is 5.32 Å². The molecule has 32 heavy (non-hydrogen) atoms. The number of phenols is 1. The molecule has 0 spiro atoms. The van der Waals surface area contributed by atoms with Crippen LogP contribution in [0, 0.1) is 0 Å². The van der Waals surface area contributed by atoms with Crippen molar-refractivity contribution in [1.82, 2.24) is 16.0 Å². The normalized spacial score (nSPS) is 16.6. The number of aliphatic hydroxyl groups is 2. The number of aliphatic hydroxyl groups excluding tert-OH is 2. The number of benzene rings is 1. The summed E-state index contributed by atoms with van der Waals surface area (Å²) in [5.41, 5.74) is 6.55. The molecular formula is C20H30N4O8. The SMILES string of the molecule is CC(NC(=O)C(N)Cc1ccc(O)cc1)C(=O)NC(C(=O)NC(C(=O)O)C(C)O)C(C)O. The van der Waals surface area contributed by atoms with Crippen molar-refractivity contribution < 1.29 is 39.6 Å². The van der Waals surface area contributed by atoms with Gasteiger partial charge in [-0.2, -0.15) is 0 Å². The van der Waals surface area contributed by atoms with E-state index < -0.39 is 60.1 Å². The second-order valence-electron chi connectivity index (χ2n) is 7.50. The Hall–Kier alpha value is -3.22. The fraction of sp³-hybridized carbons (Fsp3) is 0.500. The Morgan fingerprint density at radius 2 is 1.34 bits per heavy atom. The summed E-state index contributed by atoms with van der Waals surface area (Å²) in [4.78, 5) is 48.2. The molecule has 0 bridgehead atoms. The zero-order chi connectivity index (χ0) is 24.6. The number of nitrogens with two attached hydrogens (primary N) is 1. The maximum Gasteiger partial charge on any atom is 0.328 e. The van der Waals surface area contributed by atoms with Gasteiger partial charge in [-0.05, 0) is 44.9 Å². The Bertz CT molecular complexity index is 812. The van der Waals surface area contributed by atoms with E-state index in [0.717, 1.165) is 6.92 Å². The number of rotatable bonds is 11. The molecule has 6 unspecified atom stereocenters. The minimum atomic E-state index is -1.64. The van der Waals surface area contributed by atoms with Gasteiger partial charge in [0.25, 0.3) is 0 Å². The van der Waals surface area contributed by atoms with Gasteiger partial charge in [0.1, 0.15) is 17.8 Å². The zero-order valence-electron chi connectivity index (χ0n) is 18.0. The molecule has 1 aromatic carbocycles. The first kappa shape index (κ1) is 26.8. The predicted molar refractivity (Wildman–Crippen MR) is 112 cm³/mol. The first-order valence-electron chi connectivity index (χ1n) is 9.87. The van der Waals surface area contributed by atoms with Crippen LogP contribution in [0.25, 0.3) is 0 Å². The standard InChI is InChI=1S/C20H30N4O8/c1-9(22-18(29)14(21)8-12-4-6-13(27)7-5-12)17(28)23-15(10(2)25)19(30)24-16(11(3)26)20(31)32/h4-7,9-11,14-16,25-27H,8,21H2,1-3H3,(H,22,29)(H,23,28)(H,24,30)(H,31,32). The molecule has 0 radical (unpaired) electrons. The van der Waals surface area contributed by atoms with Gasteiger partial charge in [0.2, 0.25) is 17.7 Å². The Labute approximate surface area is 184 Å². The third kappa shape index (κ3) is 8.13. The van der Waals surface area contributed by atoms with Gasteiger partial charge in [-0.1, -0.05) is 12.1 Å². The van der Waals surface area contributed by atoms with Crippen LogP contribution in [0.5, 0.6) is 5.75 Å². The van der Waals surface area contributed by atoms with E-state index in [0.29, 0.717) is 5.56 Å². The first-order chi connectivity index (χ1) is 14.8. The Morgan fingerprint density at radius 3 is 1.81 bits per heavy atom. The average Bonchev–Trinajstić information content (AvgIpc) is 2.70. The Balaban J connectivity index is 2.71. The molecule has 6 atom stereocenters. The monoisotopic (exact) mass is 454 g/mol. The lowest BCUT2D eigenvalue weighted by atomic mass is 10.1. The number of carbonyl (C=O) groups is 4. The van der Waals surface area contributed by atoms with E-state index in [1.165, 1.54) is 26.0 Å². The summed E-state index contributed by atoms with van der Waals surface area (Å²) in [7, 11) is 0. The van der Waals surface area contributed by atoms with E-state index in [-0.39, 0.29) is 12.2 Å². The number of aliphatic carboxylic acids is 1. The van der Waals surface area contributed by atoms with Crippen molar-refractivity contribution in [1.29, 1.82) is 0 Å². The molecule has 178 valence electrons. The highest BCUT2D eigenvalue weighted by Gasteiger charge is 2.33. The van der Waals surface area contributed by atoms with Crippen LogP contribution in [0.1, 0.15) is 26.3 Å². The van der Waals surface area contributed by atoms with Gasteiger partial charge in [-0.15, -0.1) is 0 Å². The average molecular weight is 454 g/mol. The van der Waals surface area contributed by atoms with Crippen LogP contribution in [0.15, 0.2) is 24.3 Å². The predicted octanol–water partition coefficient (Wildman–Crippen LogP) is -2.42. The second kappa shape index (κ2) is 12.0. The number of hydrogen-bond acceptors (Lipinski definition) is 8. The van der Waals surface area contributed by atoms with E-state index in [4.69, 9.17) is 10.8 Å².